The first-order chi connectivity index (χ1) is 14.6. The zero-order valence-electron chi connectivity index (χ0n) is 17.3. The Morgan fingerprint density at radius 2 is 2.07 bits per heavy atom. The van der Waals surface area contributed by atoms with Crippen LogP contribution in [-0.2, 0) is 4.79 Å². The number of anilines is 1. The van der Waals surface area contributed by atoms with Crippen LogP contribution in [0.25, 0.3) is 0 Å². The van der Waals surface area contributed by atoms with Gasteiger partial charge in [0.05, 0.1) is 22.1 Å². The molecule has 2 aromatic heterocycles. The summed E-state index contributed by atoms with van der Waals surface area (Å²) in [7, 11) is 0. The number of nitrogens with one attached hydrogen (secondary N) is 2. The Bertz CT molecular complexity index is 846. The average Bonchev–Trinajstić information content (AvgIpc) is 3.45. The first-order valence-corrected chi connectivity index (χ1v) is 11.4. The van der Waals surface area contributed by atoms with Gasteiger partial charge in [-0.2, -0.15) is 0 Å². The number of carbonyl (C=O) groups is 3. The molecule has 0 bridgehead atoms. The lowest BCUT2D eigenvalue weighted by Crippen LogP contribution is -2.45. The zero-order chi connectivity index (χ0) is 21.3. The van der Waals surface area contributed by atoms with E-state index in [1.807, 2.05) is 0 Å². The van der Waals surface area contributed by atoms with Gasteiger partial charge in [-0.25, -0.2) is 0 Å². The third kappa shape index (κ3) is 5.95. The summed E-state index contributed by atoms with van der Waals surface area (Å²) in [6.07, 6.45) is 7.54. The molecule has 0 radical (unpaired) electrons. The second-order valence-corrected chi connectivity index (χ2v) is 8.62. The van der Waals surface area contributed by atoms with Gasteiger partial charge in [0.2, 0.25) is 5.91 Å². The minimum Gasteiger partial charge on any atom is -0.459 e. The number of furan rings is 1. The first kappa shape index (κ1) is 22.1. The van der Waals surface area contributed by atoms with Crippen LogP contribution in [0.1, 0.15) is 65.7 Å². The first-order valence-electron chi connectivity index (χ1n) is 10.6. The summed E-state index contributed by atoms with van der Waals surface area (Å²) in [4.78, 5) is 39.7. The fraction of sp³-hybridized carbons (Fsp3) is 0.500. The molecule has 1 atom stereocenters. The van der Waals surface area contributed by atoms with E-state index in [0.29, 0.717) is 29.5 Å². The second kappa shape index (κ2) is 11.0. The molecular formula is C22H29N3O4S. The van der Waals surface area contributed by atoms with Crippen LogP contribution in [0.15, 0.2) is 34.9 Å². The normalized spacial score (nSPS) is 16.3. The van der Waals surface area contributed by atoms with E-state index < -0.39 is 0 Å². The van der Waals surface area contributed by atoms with Crippen molar-refractivity contribution in [3.8, 4) is 0 Å². The molecular weight excluding hydrogens is 402 g/mol. The molecule has 1 aliphatic rings. The summed E-state index contributed by atoms with van der Waals surface area (Å²) >= 11 is 1.23. The van der Waals surface area contributed by atoms with E-state index in [1.54, 1.807) is 29.2 Å². The highest BCUT2D eigenvalue weighted by molar-refractivity contribution is 7.18. The molecule has 0 spiro atoms. The van der Waals surface area contributed by atoms with E-state index in [-0.39, 0.29) is 29.4 Å². The number of hydrogen-bond donors (Lipinski definition) is 2. The second-order valence-electron chi connectivity index (χ2n) is 7.54. The fourth-order valence-corrected chi connectivity index (χ4v) is 4.41. The van der Waals surface area contributed by atoms with E-state index in [0.717, 1.165) is 25.7 Å². The molecule has 2 N–H and O–H groups in total. The van der Waals surface area contributed by atoms with Crippen molar-refractivity contribution in [1.82, 2.24) is 10.2 Å². The highest BCUT2D eigenvalue weighted by Crippen LogP contribution is 2.26. The third-order valence-corrected chi connectivity index (χ3v) is 6.20. The number of thiophene rings is 1. The lowest BCUT2D eigenvalue weighted by atomic mass is 9.97. The standard InChI is InChI=1S/C22H29N3O4S/c1-2-3-4-5-12-23-20(26)16-8-6-13-25(15-16)22(28)18-10-11-19(30-18)24-21(27)17-9-7-14-29-17/h7,9-11,14,16H,2-6,8,12-13,15H2,1H3,(H,23,26)(H,24,27)/t16-/m1/s1. The lowest BCUT2D eigenvalue weighted by Gasteiger charge is -2.31. The van der Waals surface area contributed by atoms with Gasteiger partial charge in [0.15, 0.2) is 5.76 Å². The number of carbonyl (C=O) groups excluding carboxylic acids is 3. The summed E-state index contributed by atoms with van der Waals surface area (Å²) in [6.45, 7) is 3.94. The van der Waals surface area contributed by atoms with Crippen molar-refractivity contribution >= 4 is 34.1 Å². The maximum absolute atomic E-state index is 12.9. The van der Waals surface area contributed by atoms with Crippen LogP contribution in [0, 0.1) is 5.92 Å². The number of piperidine rings is 1. The molecule has 8 heteroatoms. The quantitative estimate of drug-likeness (QED) is 0.584. The molecule has 0 aromatic carbocycles. The van der Waals surface area contributed by atoms with Crippen molar-refractivity contribution in [3.05, 3.63) is 41.2 Å². The van der Waals surface area contributed by atoms with Crippen molar-refractivity contribution in [2.45, 2.75) is 45.4 Å². The van der Waals surface area contributed by atoms with Gasteiger partial charge >= 0.3 is 0 Å². The van der Waals surface area contributed by atoms with Gasteiger partial charge in [-0.15, -0.1) is 11.3 Å². The highest BCUT2D eigenvalue weighted by atomic mass is 32.1. The molecule has 0 saturated carbocycles. The molecule has 2 aromatic rings. The van der Waals surface area contributed by atoms with Gasteiger partial charge < -0.3 is 20.0 Å². The molecule has 1 aliphatic heterocycles. The van der Waals surface area contributed by atoms with Gasteiger partial charge in [0.25, 0.3) is 11.8 Å². The van der Waals surface area contributed by atoms with Crippen LogP contribution >= 0.6 is 11.3 Å². The Labute approximate surface area is 180 Å². The van der Waals surface area contributed by atoms with Gasteiger partial charge in [-0.1, -0.05) is 26.2 Å². The molecule has 0 unspecified atom stereocenters. The molecule has 3 heterocycles. The van der Waals surface area contributed by atoms with Crippen molar-refractivity contribution in [2.24, 2.45) is 5.92 Å². The summed E-state index contributed by atoms with van der Waals surface area (Å²) < 4.78 is 5.08. The number of nitrogens with zero attached hydrogens (tertiary/aromatic N) is 1. The van der Waals surface area contributed by atoms with Gasteiger partial charge in [-0.05, 0) is 43.5 Å². The Hall–Kier alpha value is -2.61. The predicted octanol–water partition coefficient (Wildman–Crippen LogP) is 4.14. The number of rotatable bonds is 9. The number of amides is 3. The van der Waals surface area contributed by atoms with Crippen molar-refractivity contribution in [2.75, 3.05) is 25.0 Å². The SMILES string of the molecule is CCCCCCNC(=O)[C@@H]1CCCN(C(=O)c2ccc(NC(=O)c3ccco3)s2)C1. The van der Waals surface area contributed by atoms with E-state index in [2.05, 4.69) is 17.6 Å². The maximum atomic E-state index is 12.9. The molecule has 3 amide bonds. The Balaban J connectivity index is 1.50. The van der Waals surface area contributed by atoms with Crippen LogP contribution < -0.4 is 10.6 Å². The maximum Gasteiger partial charge on any atom is 0.291 e. The minimum atomic E-state index is -0.352. The molecule has 30 heavy (non-hydrogen) atoms. The molecule has 7 nitrogen and oxygen atoms in total. The van der Waals surface area contributed by atoms with E-state index in [1.165, 1.54) is 30.4 Å². The van der Waals surface area contributed by atoms with Crippen LogP contribution in [0.3, 0.4) is 0 Å². The third-order valence-electron chi connectivity index (χ3n) is 5.21. The van der Waals surface area contributed by atoms with Gasteiger partial charge in [0, 0.05) is 19.6 Å². The predicted molar refractivity (Wildman–Crippen MR) is 117 cm³/mol. The van der Waals surface area contributed by atoms with Crippen LogP contribution in [0.4, 0.5) is 5.00 Å². The van der Waals surface area contributed by atoms with Crippen molar-refractivity contribution < 1.29 is 18.8 Å². The van der Waals surface area contributed by atoms with Crippen molar-refractivity contribution in [3.63, 3.8) is 0 Å². The largest absolute Gasteiger partial charge is 0.459 e. The van der Waals surface area contributed by atoms with Gasteiger partial charge in [-0.3, -0.25) is 14.4 Å². The Kier molecular flexibility index (Phi) is 8.07. The van der Waals surface area contributed by atoms with Crippen LogP contribution in [0.2, 0.25) is 0 Å². The molecule has 0 aliphatic carbocycles. The summed E-state index contributed by atoms with van der Waals surface area (Å²) in [5.41, 5.74) is 0. The Morgan fingerprint density at radius 1 is 1.20 bits per heavy atom. The number of likely N-dealkylation sites (tertiary alicyclic amines) is 1. The molecule has 1 saturated heterocycles. The van der Waals surface area contributed by atoms with Crippen LogP contribution in [0.5, 0.6) is 0 Å². The zero-order valence-corrected chi connectivity index (χ0v) is 18.1. The molecule has 162 valence electrons. The van der Waals surface area contributed by atoms with Crippen LogP contribution in [-0.4, -0.2) is 42.3 Å². The topological polar surface area (TPSA) is 91.7 Å². The number of unbranched alkanes of at least 4 members (excludes halogenated alkanes) is 3. The summed E-state index contributed by atoms with van der Waals surface area (Å²) in [5, 5.41) is 6.34. The van der Waals surface area contributed by atoms with E-state index in [4.69, 9.17) is 4.42 Å². The lowest BCUT2D eigenvalue weighted by molar-refractivity contribution is -0.126. The van der Waals surface area contributed by atoms with E-state index >= 15 is 0 Å². The molecule has 3 rings (SSSR count). The summed E-state index contributed by atoms with van der Waals surface area (Å²) in [5.74, 6) is -0.349. The van der Waals surface area contributed by atoms with Crippen molar-refractivity contribution in [1.29, 1.82) is 0 Å². The number of hydrogen-bond acceptors (Lipinski definition) is 5. The fourth-order valence-electron chi connectivity index (χ4n) is 3.54. The van der Waals surface area contributed by atoms with Gasteiger partial charge in [0.1, 0.15) is 0 Å². The monoisotopic (exact) mass is 431 g/mol. The van der Waals surface area contributed by atoms with E-state index in [9.17, 15) is 14.4 Å². The smallest absolute Gasteiger partial charge is 0.291 e. The Morgan fingerprint density at radius 3 is 2.83 bits per heavy atom. The highest BCUT2D eigenvalue weighted by Gasteiger charge is 2.29. The minimum absolute atomic E-state index is 0.0431. The summed E-state index contributed by atoms with van der Waals surface area (Å²) in [6, 6.07) is 6.65. The average molecular weight is 432 g/mol. The molecule has 1 fully saturated rings.